The third-order valence-corrected chi connectivity index (χ3v) is 3.59. The minimum Gasteiger partial charge on any atom is -0.492 e. The Labute approximate surface area is 163 Å². The molecule has 0 unspecified atom stereocenters. The van der Waals surface area contributed by atoms with Crippen LogP contribution in [0.4, 0.5) is 10.5 Å². The molecule has 0 radical (unpaired) electrons. The first-order chi connectivity index (χ1) is 13.1. The van der Waals surface area contributed by atoms with Crippen molar-refractivity contribution in [1.29, 1.82) is 0 Å². The van der Waals surface area contributed by atoms with Gasteiger partial charge in [0.25, 0.3) is 0 Å². The summed E-state index contributed by atoms with van der Waals surface area (Å²) in [4.78, 5) is 23.1. The van der Waals surface area contributed by atoms with Gasteiger partial charge < -0.3 is 20.1 Å². The van der Waals surface area contributed by atoms with Crippen molar-refractivity contribution >= 4 is 35.4 Å². The first kappa shape index (κ1) is 20.3. The van der Waals surface area contributed by atoms with E-state index in [1.807, 2.05) is 0 Å². The van der Waals surface area contributed by atoms with E-state index in [1.54, 1.807) is 61.5 Å². The molecule has 6 nitrogen and oxygen atoms in total. The van der Waals surface area contributed by atoms with Crippen LogP contribution in [0.25, 0.3) is 6.08 Å². The summed E-state index contributed by atoms with van der Waals surface area (Å²) < 4.78 is 10.3. The number of carbonyl (C=O) groups excluding carboxylic acids is 2. The van der Waals surface area contributed by atoms with Crippen molar-refractivity contribution in [3.05, 3.63) is 65.2 Å². The predicted octanol–water partition coefficient (Wildman–Crippen LogP) is 4.12. The molecule has 2 N–H and O–H groups in total. The fourth-order valence-electron chi connectivity index (χ4n) is 2.07. The van der Waals surface area contributed by atoms with E-state index in [-0.39, 0.29) is 12.0 Å². The SMILES string of the molecule is CCOC(=O)/C=C/c1ccc(NC(=O)NCCOc2ccc(Cl)cc2)cc1. The molecule has 2 amide bonds. The van der Waals surface area contributed by atoms with E-state index in [9.17, 15) is 9.59 Å². The van der Waals surface area contributed by atoms with Crippen molar-refractivity contribution in [3.63, 3.8) is 0 Å². The molecule has 0 saturated heterocycles. The summed E-state index contributed by atoms with van der Waals surface area (Å²) in [6.07, 6.45) is 3.01. The van der Waals surface area contributed by atoms with Gasteiger partial charge >= 0.3 is 12.0 Å². The summed E-state index contributed by atoms with van der Waals surface area (Å²) in [5, 5.41) is 6.07. The van der Waals surface area contributed by atoms with Crippen molar-refractivity contribution in [1.82, 2.24) is 5.32 Å². The zero-order chi connectivity index (χ0) is 19.5. The highest BCUT2D eigenvalue weighted by atomic mass is 35.5. The number of esters is 1. The lowest BCUT2D eigenvalue weighted by atomic mass is 10.2. The van der Waals surface area contributed by atoms with Crippen LogP contribution in [0.2, 0.25) is 5.02 Å². The van der Waals surface area contributed by atoms with Crippen LogP contribution in [0.5, 0.6) is 5.75 Å². The number of rotatable bonds is 8. The summed E-state index contributed by atoms with van der Waals surface area (Å²) in [5.41, 5.74) is 1.46. The largest absolute Gasteiger partial charge is 0.492 e. The lowest BCUT2D eigenvalue weighted by Gasteiger charge is -2.09. The number of benzene rings is 2. The number of amides is 2. The highest BCUT2D eigenvalue weighted by molar-refractivity contribution is 6.30. The molecule has 2 aromatic carbocycles. The smallest absolute Gasteiger partial charge is 0.330 e. The lowest BCUT2D eigenvalue weighted by molar-refractivity contribution is -0.137. The minimum atomic E-state index is -0.389. The summed E-state index contributed by atoms with van der Waals surface area (Å²) in [6.45, 7) is 2.79. The molecule has 0 atom stereocenters. The molecule has 0 heterocycles. The monoisotopic (exact) mass is 388 g/mol. The first-order valence-electron chi connectivity index (χ1n) is 8.45. The van der Waals surface area contributed by atoms with Crippen LogP contribution < -0.4 is 15.4 Å². The topological polar surface area (TPSA) is 76.7 Å². The van der Waals surface area contributed by atoms with Crippen LogP contribution in [0.1, 0.15) is 12.5 Å². The van der Waals surface area contributed by atoms with Gasteiger partial charge in [-0.3, -0.25) is 0 Å². The average Bonchev–Trinajstić information content (AvgIpc) is 2.66. The van der Waals surface area contributed by atoms with Crippen molar-refractivity contribution in [3.8, 4) is 5.75 Å². The van der Waals surface area contributed by atoms with Gasteiger partial charge in [-0.25, -0.2) is 9.59 Å². The molecular weight excluding hydrogens is 368 g/mol. The van der Waals surface area contributed by atoms with Crippen LogP contribution in [-0.2, 0) is 9.53 Å². The molecular formula is C20H21ClN2O4. The number of nitrogens with one attached hydrogen (secondary N) is 2. The van der Waals surface area contributed by atoms with Gasteiger partial charge in [0, 0.05) is 16.8 Å². The molecule has 0 bridgehead atoms. The molecule has 7 heteroatoms. The third-order valence-electron chi connectivity index (χ3n) is 3.34. The Balaban J connectivity index is 1.70. The molecule has 0 fully saturated rings. The fraction of sp³-hybridized carbons (Fsp3) is 0.200. The Morgan fingerprint density at radius 1 is 1.07 bits per heavy atom. The minimum absolute atomic E-state index is 0.329. The Morgan fingerprint density at radius 3 is 2.44 bits per heavy atom. The van der Waals surface area contributed by atoms with Crippen molar-refractivity contribution < 1.29 is 19.1 Å². The van der Waals surface area contributed by atoms with Crippen LogP contribution >= 0.6 is 11.6 Å². The molecule has 0 saturated carbocycles. The second-order valence-corrected chi connectivity index (χ2v) is 5.83. The Kier molecular flexibility index (Phi) is 8.19. The number of hydrogen-bond donors (Lipinski definition) is 2. The van der Waals surface area contributed by atoms with Gasteiger partial charge in [-0.1, -0.05) is 23.7 Å². The van der Waals surface area contributed by atoms with Crippen molar-refractivity contribution in [2.24, 2.45) is 0 Å². The van der Waals surface area contributed by atoms with E-state index in [0.717, 1.165) is 5.56 Å². The number of ether oxygens (including phenoxy) is 2. The van der Waals surface area contributed by atoms with Gasteiger partial charge in [0.1, 0.15) is 12.4 Å². The van der Waals surface area contributed by atoms with E-state index in [2.05, 4.69) is 10.6 Å². The van der Waals surface area contributed by atoms with Crippen molar-refractivity contribution in [2.75, 3.05) is 25.1 Å². The number of carbonyl (C=O) groups is 2. The molecule has 142 valence electrons. The maximum absolute atomic E-state index is 11.9. The van der Waals surface area contributed by atoms with E-state index in [0.29, 0.717) is 36.2 Å². The van der Waals surface area contributed by atoms with Gasteiger partial charge in [0.2, 0.25) is 0 Å². The average molecular weight is 389 g/mol. The molecule has 2 rings (SSSR count). The van der Waals surface area contributed by atoms with Crippen LogP contribution in [-0.4, -0.2) is 31.8 Å². The summed E-state index contributed by atoms with van der Waals surface area (Å²) in [5.74, 6) is 0.299. The van der Waals surface area contributed by atoms with Gasteiger partial charge in [-0.2, -0.15) is 0 Å². The fourth-order valence-corrected chi connectivity index (χ4v) is 2.20. The zero-order valence-corrected chi connectivity index (χ0v) is 15.7. The van der Waals surface area contributed by atoms with Gasteiger partial charge in [0.15, 0.2) is 0 Å². The lowest BCUT2D eigenvalue weighted by Crippen LogP contribution is -2.32. The molecule has 0 aliphatic carbocycles. The second kappa shape index (κ2) is 10.9. The second-order valence-electron chi connectivity index (χ2n) is 5.39. The molecule has 27 heavy (non-hydrogen) atoms. The predicted molar refractivity (Wildman–Crippen MR) is 106 cm³/mol. The maximum atomic E-state index is 11.9. The first-order valence-corrected chi connectivity index (χ1v) is 8.82. The highest BCUT2D eigenvalue weighted by Crippen LogP contribution is 2.15. The normalized spacial score (nSPS) is 10.4. The van der Waals surface area contributed by atoms with E-state index in [4.69, 9.17) is 21.1 Å². The van der Waals surface area contributed by atoms with E-state index >= 15 is 0 Å². The van der Waals surface area contributed by atoms with Crippen LogP contribution in [0, 0.1) is 0 Å². The molecule has 2 aromatic rings. The number of anilines is 1. The molecule has 0 aliphatic rings. The molecule has 0 spiro atoms. The maximum Gasteiger partial charge on any atom is 0.330 e. The van der Waals surface area contributed by atoms with Crippen LogP contribution in [0.3, 0.4) is 0 Å². The van der Waals surface area contributed by atoms with Gasteiger partial charge in [-0.15, -0.1) is 0 Å². The standard InChI is InChI=1S/C20H21ClN2O4/c1-2-26-19(24)12-5-15-3-8-17(9-4-15)23-20(25)22-13-14-27-18-10-6-16(21)7-11-18/h3-12H,2,13-14H2,1H3,(H2,22,23,25)/b12-5+. The Morgan fingerprint density at radius 2 is 1.78 bits per heavy atom. The highest BCUT2D eigenvalue weighted by Gasteiger charge is 2.02. The van der Waals surface area contributed by atoms with Crippen molar-refractivity contribution in [2.45, 2.75) is 6.92 Å². The summed E-state index contributed by atoms with van der Waals surface area (Å²) >= 11 is 5.80. The van der Waals surface area contributed by atoms with Crippen LogP contribution in [0.15, 0.2) is 54.6 Å². The van der Waals surface area contributed by atoms with Gasteiger partial charge in [-0.05, 0) is 55.0 Å². The summed E-state index contributed by atoms with van der Waals surface area (Å²) in [7, 11) is 0. The number of hydrogen-bond acceptors (Lipinski definition) is 4. The third kappa shape index (κ3) is 7.83. The van der Waals surface area contributed by atoms with E-state index in [1.165, 1.54) is 6.08 Å². The Bertz CT molecular complexity index is 774. The van der Waals surface area contributed by atoms with Gasteiger partial charge in [0.05, 0.1) is 13.2 Å². The number of urea groups is 1. The number of halogens is 1. The molecule has 0 aliphatic heterocycles. The quantitative estimate of drug-likeness (QED) is 0.405. The Hall–Kier alpha value is -2.99. The summed E-state index contributed by atoms with van der Waals surface area (Å²) in [6, 6.07) is 13.7. The zero-order valence-electron chi connectivity index (χ0n) is 14.9. The molecule has 0 aromatic heterocycles. The van der Waals surface area contributed by atoms with E-state index < -0.39 is 0 Å².